The molecule has 0 bridgehead atoms. The first kappa shape index (κ1) is 9.32. The number of rotatable bonds is 4. The molecule has 0 aromatic carbocycles. The van der Waals surface area contributed by atoms with E-state index in [9.17, 15) is 0 Å². The number of halogens is 1. The van der Waals surface area contributed by atoms with E-state index >= 15 is 0 Å². The first-order valence-electron chi connectivity index (χ1n) is 3.59. The highest BCUT2D eigenvalue weighted by atomic mass is 35.5. The van der Waals surface area contributed by atoms with Crippen molar-refractivity contribution in [3.63, 3.8) is 0 Å². The average Bonchev–Trinajstić information content (AvgIpc) is 2.47. The lowest BCUT2D eigenvalue weighted by Gasteiger charge is -2.11. The second kappa shape index (κ2) is 4.30. The van der Waals surface area contributed by atoms with Crippen molar-refractivity contribution in [1.29, 1.82) is 0 Å². The largest absolute Gasteiger partial charge is 0.453 e. The third kappa shape index (κ3) is 1.88. The Morgan fingerprint density at radius 1 is 1.83 bits per heavy atom. The van der Waals surface area contributed by atoms with Gasteiger partial charge >= 0.3 is 0 Å². The zero-order valence-electron chi connectivity index (χ0n) is 6.59. The van der Waals surface area contributed by atoms with Gasteiger partial charge in [-0.2, -0.15) is 0 Å². The standard InChI is InChI=1S/C8H11ClN2O/c1-2-3-7(11-10)6-4-5-12-8(6)9/h2,4-5,7,11H,1,3,10H2. The molecule has 12 heavy (non-hydrogen) atoms. The first-order chi connectivity index (χ1) is 5.79. The van der Waals surface area contributed by atoms with Gasteiger partial charge < -0.3 is 4.42 Å². The van der Waals surface area contributed by atoms with Crippen molar-refractivity contribution in [3.05, 3.63) is 35.8 Å². The lowest BCUT2D eigenvalue weighted by atomic mass is 10.1. The molecule has 0 saturated carbocycles. The van der Waals surface area contributed by atoms with Crippen LogP contribution in [0.3, 0.4) is 0 Å². The molecule has 4 heteroatoms. The molecular weight excluding hydrogens is 176 g/mol. The molecule has 0 saturated heterocycles. The van der Waals surface area contributed by atoms with Crippen LogP contribution < -0.4 is 11.3 Å². The van der Waals surface area contributed by atoms with E-state index in [0.717, 1.165) is 12.0 Å². The van der Waals surface area contributed by atoms with Gasteiger partial charge in [0.15, 0.2) is 5.22 Å². The maximum atomic E-state index is 5.75. The molecule has 3 N–H and O–H groups in total. The van der Waals surface area contributed by atoms with E-state index < -0.39 is 0 Å². The lowest BCUT2D eigenvalue weighted by molar-refractivity contribution is 0.532. The Kier molecular flexibility index (Phi) is 3.34. The summed E-state index contributed by atoms with van der Waals surface area (Å²) in [5, 5.41) is 0.375. The molecule has 0 aliphatic carbocycles. The van der Waals surface area contributed by atoms with Gasteiger partial charge in [0.05, 0.1) is 12.3 Å². The number of hydrogen-bond donors (Lipinski definition) is 2. The third-order valence-electron chi connectivity index (χ3n) is 1.63. The van der Waals surface area contributed by atoms with Crippen LogP contribution in [0.15, 0.2) is 29.4 Å². The van der Waals surface area contributed by atoms with Gasteiger partial charge in [-0.15, -0.1) is 6.58 Å². The van der Waals surface area contributed by atoms with Crippen molar-refractivity contribution in [2.75, 3.05) is 0 Å². The summed E-state index contributed by atoms with van der Waals surface area (Å²) in [6.07, 6.45) is 4.02. The second-order valence-electron chi connectivity index (χ2n) is 2.39. The van der Waals surface area contributed by atoms with E-state index in [2.05, 4.69) is 12.0 Å². The molecule has 0 aliphatic rings. The van der Waals surface area contributed by atoms with Crippen molar-refractivity contribution < 1.29 is 4.42 Å². The van der Waals surface area contributed by atoms with Gasteiger partial charge in [-0.05, 0) is 24.1 Å². The molecule has 1 aromatic rings. The maximum Gasteiger partial charge on any atom is 0.197 e. The quantitative estimate of drug-likeness (QED) is 0.430. The van der Waals surface area contributed by atoms with Crippen LogP contribution >= 0.6 is 11.6 Å². The van der Waals surface area contributed by atoms with Crippen molar-refractivity contribution in [2.45, 2.75) is 12.5 Å². The minimum Gasteiger partial charge on any atom is -0.453 e. The summed E-state index contributed by atoms with van der Waals surface area (Å²) < 4.78 is 4.93. The van der Waals surface area contributed by atoms with Crippen LogP contribution in [0.5, 0.6) is 0 Å². The van der Waals surface area contributed by atoms with Gasteiger partial charge in [0.2, 0.25) is 0 Å². The van der Waals surface area contributed by atoms with Crippen LogP contribution in [-0.2, 0) is 0 Å². The highest BCUT2D eigenvalue weighted by molar-refractivity contribution is 6.29. The number of hydrogen-bond acceptors (Lipinski definition) is 3. The van der Waals surface area contributed by atoms with Crippen molar-refractivity contribution in [1.82, 2.24) is 5.43 Å². The summed E-state index contributed by atoms with van der Waals surface area (Å²) in [7, 11) is 0. The topological polar surface area (TPSA) is 51.2 Å². The summed E-state index contributed by atoms with van der Waals surface area (Å²) in [6.45, 7) is 3.62. The van der Waals surface area contributed by atoms with Crippen molar-refractivity contribution >= 4 is 11.6 Å². The van der Waals surface area contributed by atoms with Crippen molar-refractivity contribution in [3.8, 4) is 0 Å². The van der Waals surface area contributed by atoms with Gasteiger partial charge in [0.25, 0.3) is 0 Å². The Hall–Kier alpha value is -0.770. The summed E-state index contributed by atoms with van der Waals surface area (Å²) in [5.74, 6) is 5.32. The fourth-order valence-corrected chi connectivity index (χ4v) is 1.25. The van der Waals surface area contributed by atoms with Crippen LogP contribution in [-0.4, -0.2) is 0 Å². The minimum absolute atomic E-state index is 0.0197. The van der Waals surface area contributed by atoms with Crippen LogP contribution in [0.2, 0.25) is 5.22 Å². The molecule has 1 atom stereocenters. The van der Waals surface area contributed by atoms with Gasteiger partial charge in [0.1, 0.15) is 0 Å². The molecule has 1 aromatic heterocycles. The molecule has 0 radical (unpaired) electrons. The van der Waals surface area contributed by atoms with E-state index in [1.807, 2.05) is 0 Å². The van der Waals surface area contributed by atoms with Gasteiger partial charge in [-0.3, -0.25) is 11.3 Å². The molecule has 1 heterocycles. The monoisotopic (exact) mass is 186 g/mol. The molecule has 66 valence electrons. The molecular formula is C8H11ClN2O. The maximum absolute atomic E-state index is 5.75. The highest BCUT2D eigenvalue weighted by Gasteiger charge is 2.13. The molecule has 0 fully saturated rings. The SMILES string of the molecule is C=CCC(NN)c1ccoc1Cl. The Balaban J connectivity index is 2.78. The molecule has 1 rings (SSSR count). The predicted octanol–water partition coefficient (Wildman–Crippen LogP) is 2.01. The molecule has 0 amide bonds. The number of nitrogens with two attached hydrogens (primary N) is 1. The summed E-state index contributed by atoms with van der Waals surface area (Å²) in [5.41, 5.74) is 3.49. The predicted molar refractivity (Wildman–Crippen MR) is 48.6 cm³/mol. The molecule has 0 aliphatic heterocycles. The minimum atomic E-state index is -0.0197. The Labute approximate surface area is 76.2 Å². The summed E-state index contributed by atoms with van der Waals surface area (Å²) in [6, 6.07) is 1.77. The van der Waals surface area contributed by atoms with E-state index in [1.54, 1.807) is 12.1 Å². The fraction of sp³-hybridized carbons (Fsp3) is 0.250. The first-order valence-corrected chi connectivity index (χ1v) is 3.97. The average molecular weight is 187 g/mol. The Morgan fingerprint density at radius 3 is 3.00 bits per heavy atom. The Morgan fingerprint density at radius 2 is 2.58 bits per heavy atom. The zero-order valence-corrected chi connectivity index (χ0v) is 7.34. The van der Waals surface area contributed by atoms with Crippen LogP contribution in [0.4, 0.5) is 0 Å². The van der Waals surface area contributed by atoms with E-state index in [4.69, 9.17) is 21.9 Å². The highest BCUT2D eigenvalue weighted by Crippen LogP contribution is 2.25. The van der Waals surface area contributed by atoms with E-state index in [0.29, 0.717) is 5.22 Å². The summed E-state index contributed by atoms with van der Waals surface area (Å²) in [4.78, 5) is 0. The molecule has 3 nitrogen and oxygen atoms in total. The van der Waals surface area contributed by atoms with Crippen LogP contribution in [0, 0.1) is 0 Å². The third-order valence-corrected chi connectivity index (χ3v) is 1.93. The van der Waals surface area contributed by atoms with Gasteiger partial charge in [0, 0.05) is 5.56 Å². The van der Waals surface area contributed by atoms with Crippen molar-refractivity contribution in [2.24, 2.45) is 5.84 Å². The van der Waals surface area contributed by atoms with E-state index in [1.165, 1.54) is 6.26 Å². The smallest absolute Gasteiger partial charge is 0.197 e. The number of furan rings is 1. The second-order valence-corrected chi connectivity index (χ2v) is 2.74. The van der Waals surface area contributed by atoms with Gasteiger partial charge in [-0.25, -0.2) is 0 Å². The number of hydrazine groups is 1. The van der Waals surface area contributed by atoms with Gasteiger partial charge in [-0.1, -0.05) is 6.08 Å². The molecule has 1 unspecified atom stereocenters. The Bertz CT molecular complexity index is 259. The van der Waals surface area contributed by atoms with Crippen LogP contribution in [0.25, 0.3) is 0 Å². The van der Waals surface area contributed by atoms with Crippen LogP contribution in [0.1, 0.15) is 18.0 Å². The van der Waals surface area contributed by atoms with E-state index in [-0.39, 0.29) is 6.04 Å². The summed E-state index contributed by atoms with van der Waals surface area (Å²) >= 11 is 5.75. The number of nitrogens with one attached hydrogen (secondary N) is 1. The molecule has 0 spiro atoms. The fourth-order valence-electron chi connectivity index (χ4n) is 1.01. The lowest BCUT2D eigenvalue weighted by Crippen LogP contribution is -2.27. The normalized spacial score (nSPS) is 12.8. The zero-order chi connectivity index (χ0) is 8.97.